The van der Waals surface area contributed by atoms with Gasteiger partial charge in [0.15, 0.2) is 5.69 Å². The number of nitriles is 1. The summed E-state index contributed by atoms with van der Waals surface area (Å²) in [5.74, 6) is -0.347. The van der Waals surface area contributed by atoms with E-state index in [2.05, 4.69) is 10.3 Å². The van der Waals surface area contributed by atoms with Crippen LogP contribution in [0.25, 0.3) is 16.9 Å². The summed E-state index contributed by atoms with van der Waals surface area (Å²) in [5.41, 5.74) is 2.99. The molecule has 0 saturated carbocycles. The number of hydrogen-bond acceptors (Lipinski definition) is 3. The maximum atomic E-state index is 13.1. The van der Waals surface area contributed by atoms with Crippen LogP contribution in [0.3, 0.4) is 0 Å². The third-order valence-corrected chi connectivity index (χ3v) is 3.53. The van der Waals surface area contributed by atoms with Crippen molar-refractivity contribution in [1.82, 2.24) is 15.0 Å². The molecule has 2 aromatic carbocycles. The topological polar surface area (TPSA) is 54.5 Å². The van der Waals surface area contributed by atoms with Gasteiger partial charge < -0.3 is 0 Å². The second-order valence-corrected chi connectivity index (χ2v) is 5.18. The molecule has 1 heterocycles. The third kappa shape index (κ3) is 2.45. The van der Waals surface area contributed by atoms with Gasteiger partial charge >= 0.3 is 0 Å². The zero-order valence-electron chi connectivity index (χ0n) is 11.6. The molecule has 3 aromatic rings. The smallest absolute Gasteiger partial charge is 0.191 e. The summed E-state index contributed by atoms with van der Waals surface area (Å²) in [6.45, 7) is 1.91. The van der Waals surface area contributed by atoms with Gasteiger partial charge in [0.1, 0.15) is 17.6 Å². The van der Waals surface area contributed by atoms with E-state index in [1.807, 2.05) is 19.1 Å². The van der Waals surface area contributed by atoms with E-state index in [-0.39, 0.29) is 11.5 Å². The molecule has 0 atom stereocenters. The fourth-order valence-electron chi connectivity index (χ4n) is 2.20. The van der Waals surface area contributed by atoms with Gasteiger partial charge in [0.05, 0.1) is 5.69 Å². The Bertz CT molecular complexity index is 878. The fraction of sp³-hybridized carbons (Fsp3) is 0.0625. The summed E-state index contributed by atoms with van der Waals surface area (Å²) in [6, 6.07) is 13.2. The highest BCUT2D eigenvalue weighted by Crippen LogP contribution is 2.27. The molecule has 1 aromatic heterocycles. The molecular weight excluding hydrogens is 303 g/mol. The van der Waals surface area contributed by atoms with Crippen LogP contribution in [-0.4, -0.2) is 15.0 Å². The summed E-state index contributed by atoms with van der Waals surface area (Å²) >= 11 is 6.05. The second kappa shape index (κ2) is 5.58. The molecule has 0 radical (unpaired) electrons. The zero-order chi connectivity index (χ0) is 15.7. The largest absolute Gasteiger partial charge is 0.211 e. The van der Waals surface area contributed by atoms with Gasteiger partial charge in [0, 0.05) is 10.6 Å². The van der Waals surface area contributed by atoms with E-state index < -0.39 is 0 Å². The zero-order valence-corrected chi connectivity index (χ0v) is 12.3. The Labute approximate surface area is 131 Å². The highest BCUT2D eigenvalue weighted by molar-refractivity contribution is 6.30. The molecule has 0 spiro atoms. The first kappa shape index (κ1) is 14.2. The van der Waals surface area contributed by atoms with E-state index in [0.29, 0.717) is 16.3 Å². The highest BCUT2D eigenvalue weighted by Gasteiger charge is 2.17. The number of rotatable bonds is 2. The predicted octanol–water partition coefficient (Wildman–Crippen LogP) is 3.91. The Morgan fingerprint density at radius 2 is 1.91 bits per heavy atom. The molecule has 0 aliphatic heterocycles. The van der Waals surface area contributed by atoms with Crippen LogP contribution in [0, 0.1) is 24.1 Å². The minimum atomic E-state index is -0.347. The third-order valence-electron chi connectivity index (χ3n) is 3.29. The summed E-state index contributed by atoms with van der Waals surface area (Å²) in [5, 5.41) is 17.8. The molecule has 108 valence electrons. The molecule has 0 fully saturated rings. The molecule has 0 aliphatic carbocycles. The molecule has 4 nitrogen and oxygen atoms in total. The quantitative estimate of drug-likeness (QED) is 0.721. The van der Waals surface area contributed by atoms with Crippen LogP contribution in [-0.2, 0) is 0 Å². The molecule has 0 bridgehead atoms. The van der Waals surface area contributed by atoms with E-state index in [0.717, 1.165) is 11.3 Å². The normalized spacial score (nSPS) is 10.5. The van der Waals surface area contributed by atoms with Gasteiger partial charge in [0.25, 0.3) is 0 Å². The first-order valence-electron chi connectivity index (χ1n) is 6.48. The average Bonchev–Trinajstić information content (AvgIpc) is 2.94. The average molecular weight is 313 g/mol. The molecule has 0 unspecified atom stereocenters. The molecule has 0 amide bonds. The molecule has 0 aliphatic rings. The standard InChI is InChI=1S/C16H10ClFN4/c1-10-2-5-12(17)8-15(10)22-16(14(9-19)20-21-22)11-3-6-13(18)7-4-11/h2-8H,1H3. The first-order chi connectivity index (χ1) is 10.6. The first-order valence-corrected chi connectivity index (χ1v) is 6.86. The van der Waals surface area contributed by atoms with Gasteiger partial charge in [-0.15, -0.1) is 5.10 Å². The van der Waals surface area contributed by atoms with Crippen LogP contribution in [0.4, 0.5) is 4.39 Å². The van der Waals surface area contributed by atoms with Gasteiger partial charge in [-0.25, -0.2) is 9.07 Å². The van der Waals surface area contributed by atoms with Crippen molar-refractivity contribution in [2.24, 2.45) is 0 Å². The molecule has 0 N–H and O–H groups in total. The lowest BCUT2D eigenvalue weighted by atomic mass is 10.1. The van der Waals surface area contributed by atoms with Crippen molar-refractivity contribution in [3.63, 3.8) is 0 Å². The molecule has 6 heteroatoms. The maximum Gasteiger partial charge on any atom is 0.191 e. The van der Waals surface area contributed by atoms with Gasteiger partial charge in [-0.3, -0.25) is 0 Å². The number of nitrogens with zero attached hydrogens (tertiary/aromatic N) is 4. The lowest BCUT2D eigenvalue weighted by Crippen LogP contribution is -2.02. The maximum absolute atomic E-state index is 13.1. The molecule has 22 heavy (non-hydrogen) atoms. The van der Waals surface area contributed by atoms with Crippen molar-refractivity contribution in [3.05, 3.63) is 64.6 Å². The minimum Gasteiger partial charge on any atom is -0.211 e. The van der Waals surface area contributed by atoms with E-state index in [4.69, 9.17) is 11.6 Å². The SMILES string of the molecule is Cc1ccc(Cl)cc1-n1nnc(C#N)c1-c1ccc(F)cc1. The van der Waals surface area contributed by atoms with Crippen LogP contribution >= 0.6 is 11.6 Å². The van der Waals surface area contributed by atoms with Crippen molar-refractivity contribution in [1.29, 1.82) is 5.26 Å². The summed E-state index contributed by atoms with van der Waals surface area (Å²) in [7, 11) is 0. The number of benzene rings is 2. The molecule has 3 rings (SSSR count). The Hall–Kier alpha value is -2.71. The molecule has 0 saturated heterocycles. The van der Waals surface area contributed by atoms with Gasteiger partial charge in [-0.2, -0.15) is 5.26 Å². The van der Waals surface area contributed by atoms with Crippen LogP contribution in [0.1, 0.15) is 11.3 Å². The van der Waals surface area contributed by atoms with Crippen LogP contribution in [0.5, 0.6) is 0 Å². The van der Waals surface area contributed by atoms with Crippen molar-refractivity contribution < 1.29 is 4.39 Å². The van der Waals surface area contributed by atoms with Crippen LogP contribution < -0.4 is 0 Å². The predicted molar refractivity (Wildman–Crippen MR) is 81.2 cm³/mol. The van der Waals surface area contributed by atoms with E-state index >= 15 is 0 Å². The lowest BCUT2D eigenvalue weighted by molar-refractivity contribution is 0.628. The van der Waals surface area contributed by atoms with Crippen molar-refractivity contribution in [2.45, 2.75) is 6.92 Å². The monoisotopic (exact) mass is 312 g/mol. The summed E-state index contributed by atoms with van der Waals surface area (Å²) in [6.07, 6.45) is 0. The molecular formula is C16H10ClFN4. The Morgan fingerprint density at radius 1 is 1.18 bits per heavy atom. The number of halogens is 2. The van der Waals surface area contributed by atoms with Crippen LogP contribution in [0.15, 0.2) is 42.5 Å². The van der Waals surface area contributed by atoms with Gasteiger partial charge in [-0.05, 0) is 48.9 Å². The fourth-order valence-corrected chi connectivity index (χ4v) is 2.37. The van der Waals surface area contributed by atoms with E-state index in [9.17, 15) is 9.65 Å². The summed E-state index contributed by atoms with van der Waals surface area (Å²) in [4.78, 5) is 0. The van der Waals surface area contributed by atoms with Crippen LogP contribution in [0.2, 0.25) is 5.02 Å². The minimum absolute atomic E-state index is 0.172. The number of aryl methyl sites for hydroxylation is 1. The Balaban J connectivity index is 2.26. The number of aromatic nitrogens is 3. The summed E-state index contributed by atoms with van der Waals surface area (Å²) < 4.78 is 14.7. The van der Waals surface area contributed by atoms with Crippen molar-refractivity contribution in [3.8, 4) is 23.0 Å². The lowest BCUT2D eigenvalue weighted by Gasteiger charge is -2.10. The number of hydrogen-bond donors (Lipinski definition) is 0. The Kier molecular flexibility index (Phi) is 3.61. The van der Waals surface area contributed by atoms with Gasteiger partial charge in [0.2, 0.25) is 0 Å². The van der Waals surface area contributed by atoms with E-state index in [1.54, 1.807) is 28.9 Å². The van der Waals surface area contributed by atoms with Gasteiger partial charge in [-0.1, -0.05) is 22.9 Å². The van der Waals surface area contributed by atoms with E-state index in [1.165, 1.54) is 12.1 Å². The van der Waals surface area contributed by atoms with Crippen molar-refractivity contribution in [2.75, 3.05) is 0 Å². The second-order valence-electron chi connectivity index (χ2n) is 4.75. The Morgan fingerprint density at radius 3 is 2.59 bits per heavy atom. The van der Waals surface area contributed by atoms with Crippen molar-refractivity contribution >= 4 is 11.6 Å². The highest BCUT2D eigenvalue weighted by atomic mass is 35.5.